The molecule has 3 nitrogen and oxygen atoms in total. The maximum absolute atomic E-state index is 10.5. The summed E-state index contributed by atoms with van der Waals surface area (Å²) in [5, 5.41) is 0. The molecule has 0 aromatic rings. The van der Waals surface area contributed by atoms with Crippen LogP contribution in [0, 0.1) is 0 Å². The van der Waals surface area contributed by atoms with Crippen LogP contribution in [0.2, 0.25) is 0 Å². The molecule has 48 valence electrons. The van der Waals surface area contributed by atoms with E-state index in [1.165, 1.54) is 0 Å². The molecule has 0 saturated carbocycles. The Morgan fingerprint density at radius 3 is 1.88 bits per heavy atom. The van der Waals surface area contributed by atoms with E-state index in [4.69, 9.17) is 6.15 Å². The average molecular weight is 225 g/mol. The van der Waals surface area contributed by atoms with Gasteiger partial charge in [0.15, 0.2) is 0 Å². The molecule has 0 radical (unpaired) electrons. The van der Waals surface area contributed by atoms with Gasteiger partial charge in [-0.05, 0) is 0 Å². The van der Waals surface area contributed by atoms with Crippen LogP contribution in [0.15, 0.2) is 0 Å². The van der Waals surface area contributed by atoms with Crippen molar-refractivity contribution in [1.82, 2.24) is 0 Å². The Balaban J connectivity index is 3.06. The van der Waals surface area contributed by atoms with E-state index < -0.39 is 20.6 Å². The van der Waals surface area contributed by atoms with Gasteiger partial charge < -0.3 is 0 Å². The van der Waals surface area contributed by atoms with Crippen LogP contribution in [0.5, 0.6) is 0 Å². The fraction of sp³-hybridized carbons (Fsp3) is 1.00. The molecule has 0 N–H and O–H groups in total. The summed E-state index contributed by atoms with van der Waals surface area (Å²) >= 11 is -2.94. The fourth-order valence-corrected chi connectivity index (χ4v) is 1.86. The monoisotopic (exact) mass is 226 g/mol. The quantitative estimate of drug-likeness (QED) is 0.652. The van der Waals surface area contributed by atoms with E-state index in [-0.39, 0.29) is 0 Å². The van der Waals surface area contributed by atoms with Crippen LogP contribution in [-0.4, -0.2) is 33.8 Å². The molecule has 0 amide bonds. The van der Waals surface area contributed by atoms with Crippen molar-refractivity contribution in [3.63, 3.8) is 0 Å². The molecule has 0 atom stereocenters. The summed E-state index contributed by atoms with van der Waals surface area (Å²) in [7, 11) is 0. The third kappa shape index (κ3) is 4.67. The summed E-state index contributed by atoms with van der Waals surface area (Å²) in [6, 6.07) is 0. The Labute approximate surface area is 57.2 Å². The van der Waals surface area contributed by atoms with E-state index in [2.05, 4.69) is 0 Å². The molecule has 0 aromatic carbocycles. The van der Waals surface area contributed by atoms with Crippen LogP contribution in [-0.2, 0) is 9.23 Å². The van der Waals surface area contributed by atoms with Gasteiger partial charge in [0.25, 0.3) is 0 Å². The van der Waals surface area contributed by atoms with E-state index >= 15 is 0 Å². The van der Waals surface area contributed by atoms with Gasteiger partial charge >= 0.3 is 56.9 Å². The summed E-state index contributed by atoms with van der Waals surface area (Å²) in [4.78, 5) is 0. The van der Waals surface area contributed by atoms with Crippen LogP contribution in [0.1, 0.15) is 13.8 Å². The summed E-state index contributed by atoms with van der Waals surface area (Å²) in [5.41, 5.74) is 0. The molecule has 4 heteroatoms. The Hall–Kier alpha value is 0.519. The second kappa shape index (κ2) is 5.65. The average Bonchev–Trinajstić information content (AvgIpc) is 1.68. The molecule has 0 bridgehead atoms. The number of hydrogen-bond acceptors (Lipinski definition) is 3. The van der Waals surface area contributed by atoms with Gasteiger partial charge in [-0.1, -0.05) is 0 Å². The van der Waals surface area contributed by atoms with Crippen LogP contribution >= 0.6 is 0 Å². The van der Waals surface area contributed by atoms with Crippen LogP contribution < -0.4 is 0 Å². The molecule has 0 fully saturated rings. The summed E-state index contributed by atoms with van der Waals surface area (Å²) in [5.74, 6) is 0. The molecule has 0 aliphatic rings. The first-order valence-electron chi connectivity index (χ1n) is 2.60. The molecular formula is C4H10O3Sn. The van der Waals surface area contributed by atoms with Crippen molar-refractivity contribution in [2.75, 3.05) is 13.2 Å². The summed E-state index contributed by atoms with van der Waals surface area (Å²) in [6.07, 6.45) is 0. The molecule has 0 unspecified atom stereocenters. The van der Waals surface area contributed by atoms with Crippen molar-refractivity contribution in [3.8, 4) is 0 Å². The first-order valence-corrected chi connectivity index (χ1v) is 6.10. The molecule has 0 spiro atoms. The standard InChI is InChI=1S/2C2H5O.O.Sn/c2*1-2-3;;/h2*2H2,1H3;;/q2*-1;;+2. The predicted molar refractivity (Wildman–Crippen MR) is 29.7 cm³/mol. The molecule has 0 aliphatic carbocycles. The van der Waals surface area contributed by atoms with Crippen molar-refractivity contribution >= 4 is 20.6 Å². The van der Waals surface area contributed by atoms with E-state index in [0.717, 1.165) is 0 Å². The third-order valence-corrected chi connectivity index (χ3v) is 3.52. The third-order valence-electron chi connectivity index (χ3n) is 0.524. The first-order chi connectivity index (χ1) is 3.81. The van der Waals surface area contributed by atoms with Gasteiger partial charge in [-0.15, -0.1) is 0 Å². The molecule has 0 heterocycles. The number of rotatable bonds is 4. The Morgan fingerprint density at radius 1 is 1.25 bits per heavy atom. The van der Waals surface area contributed by atoms with Crippen molar-refractivity contribution < 1.29 is 9.23 Å². The zero-order valence-corrected chi connectivity index (χ0v) is 7.99. The zero-order valence-electron chi connectivity index (χ0n) is 5.14. The van der Waals surface area contributed by atoms with Gasteiger partial charge in [-0.3, -0.25) is 0 Å². The molecular weight excluding hydrogens is 215 g/mol. The SMILES string of the molecule is CC[O][Sn](=[O])[O]CC. The molecule has 0 aliphatic heterocycles. The summed E-state index contributed by atoms with van der Waals surface area (Å²) in [6.45, 7) is 4.60. The first kappa shape index (κ1) is 8.52. The van der Waals surface area contributed by atoms with E-state index in [1.54, 1.807) is 13.8 Å². The molecule has 0 rings (SSSR count). The van der Waals surface area contributed by atoms with Gasteiger partial charge in [-0.2, -0.15) is 0 Å². The van der Waals surface area contributed by atoms with Crippen molar-refractivity contribution in [2.24, 2.45) is 0 Å². The minimum atomic E-state index is -2.94. The topological polar surface area (TPSA) is 35.5 Å². The fourth-order valence-electron chi connectivity index (χ4n) is 0.277. The van der Waals surface area contributed by atoms with Gasteiger partial charge in [0.05, 0.1) is 0 Å². The summed E-state index contributed by atoms with van der Waals surface area (Å²) < 4.78 is 19.9. The van der Waals surface area contributed by atoms with E-state index in [9.17, 15) is 3.08 Å². The zero-order chi connectivity index (χ0) is 6.41. The van der Waals surface area contributed by atoms with Gasteiger partial charge in [0.1, 0.15) is 0 Å². The predicted octanol–water partition coefficient (Wildman–Crippen LogP) is 0.475. The van der Waals surface area contributed by atoms with Crippen molar-refractivity contribution in [2.45, 2.75) is 13.8 Å². The van der Waals surface area contributed by atoms with Gasteiger partial charge in [0, 0.05) is 0 Å². The Kier molecular flexibility index (Phi) is 6.02. The Morgan fingerprint density at radius 2 is 1.62 bits per heavy atom. The van der Waals surface area contributed by atoms with Crippen LogP contribution in [0.4, 0.5) is 0 Å². The van der Waals surface area contributed by atoms with Crippen LogP contribution in [0.3, 0.4) is 0 Å². The second-order valence-corrected chi connectivity index (χ2v) is 4.19. The normalized spacial score (nSPS) is 9.25. The van der Waals surface area contributed by atoms with Crippen LogP contribution in [0.25, 0.3) is 0 Å². The van der Waals surface area contributed by atoms with Gasteiger partial charge in [0.2, 0.25) is 0 Å². The number of hydrogen-bond donors (Lipinski definition) is 0. The van der Waals surface area contributed by atoms with Crippen molar-refractivity contribution in [3.05, 3.63) is 0 Å². The Bertz CT molecular complexity index is 65.7. The second-order valence-electron chi connectivity index (χ2n) is 1.12. The minimum absolute atomic E-state index is 0.498. The molecule has 0 aromatic heterocycles. The van der Waals surface area contributed by atoms with Gasteiger partial charge in [-0.25, -0.2) is 0 Å². The van der Waals surface area contributed by atoms with E-state index in [0.29, 0.717) is 13.2 Å². The molecule has 8 heavy (non-hydrogen) atoms. The van der Waals surface area contributed by atoms with Crippen molar-refractivity contribution in [1.29, 1.82) is 0 Å². The maximum atomic E-state index is 10.5. The van der Waals surface area contributed by atoms with E-state index in [1.807, 2.05) is 0 Å². The molecule has 0 saturated heterocycles.